The summed E-state index contributed by atoms with van der Waals surface area (Å²) in [5.41, 5.74) is 1.38. The van der Waals surface area contributed by atoms with Gasteiger partial charge < -0.3 is 19.6 Å². The summed E-state index contributed by atoms with van der Waals surface area (Å²) < 4.78 is 10.4. The van der Waals surface area contributed by atoms with Crippen LogP contribution in [0.2, 0.25) is 0 Å². The first-order valence-corrected chi connectivity index (χ1v) is 7.71. The standard InChI is InChI=1S/C17H18N4O3/c1-3-11(2)18-17(22)19-13-7-4-6-12(10-13)15-20-16(24-21-15)14-8-5-9-23-14/h4-11H,3H2,1-2H3,(H2,18,19,22). The first-order chi connectivity index (χ1) is 11.7. The Bertz CT molecular complexity index is 811. The molecule has 3 aromatic rings. The van der Waals surface area contributed by atoms with E-state index in [1.807, 2.05) is 26.0 Å². The maximum atomic E-state index is 11.9. The molecule has 0 spiro atoms. The number of anilines is 1. The van der Waals surface area contributed by atoms with Gasteiger partial charge in [-0.25, -0.2) is 4.79 Å². The normalized spacial score (nSPS) is 11.9. The summed E-state index contributed by atoms with van der Waals surface area (Å²) in [7, 11) is 0. The molecule has 0 fully saturated rings. The van der Waals surface area contributed by atoms with Gasteiger partial charge in [-0.2, -0.15) is 4.98 Å². The quantitative estimate of drug-likeness (QED) is 0.741. The van der Waals surface area contributed by atoms with Gasteiger partial charge in [0.05, 0.1) is 6.26 Å². The van der Waals surface area contributed by atoms with Crippen molar-refractivity contribution < 1.29 is 13.7 Å². The van der Waals surface area contributed by atoms with Gasteiger partial charge in [0, 0.05) is 17.3 Å². The van der Waals surface area contributed by atoms with Crippen LogP contribution in [-0.2, 0) is 0 Å². The minimum absolute atomic E-state index is 0.112. The van der Waals surface area contributed by atoms with Crippen LogP contribution in [-0.4, -0.2) is 22.2 Å². The van der Waals surface area contributed by atoms with Crippen molar-refractivity contribution in [3.8, 4) is 23.0 Å². The molecule has 2 heterocycles. The number of carbonyl (C=O) groups excluding carboxylic acids is 1. The van der Waals surface area contributed by atoms with E-state index in [1.54, 1.807) is 30.5 Å². The number of furan rings is 1. The van der Waals surface area contributed by atoms with Crippen molar-refractivity contribution in [2.75, 3.05) is 5.32 Å². The second kappa shape index (κ2) is 6.99. The number of benzene rings is 1. The van der Waals surface area contributed by atoms with E-state index in [4.69, 9.17) is 8.94 Å². The average Bonchev–Trinajstić information content (AvgIpc) is 3.26. The second-order valence-electron chi connectivity index (χ2n) is 5.39. The molecule has 2 N–H and O–H groups in total. The average molecular weight is 326 g/mol. The second-order valence-corrected chi connectivity index (χ2v) is 5.39. The highest BCUT2D eigenvalue weighted by atomic mass is 16.5. The van der Waals surface area contributed by atoms with E-state index in [1.165, 1.54) is 0 Å². The molecule has 1 unspecified atom stereocenters. The molecule has 7 nitrogen and oxygen atoms in total. The number of amides is 2. The van der Waals surface area contributed by atoms with Crippen LogP contribution in [0.3, 0.4) is 0 Å². The lowest BCUT2D eigenvalue weighted by molar-refractivity contribution is 0.249. The molecule has 7 heteroatoms. The lowest BCUT2D eigenvalue weighted by Gasteiger charge is -2.12. The van der Waals surface area contributed by atoms with E-state index in [2.05, 4.69) is 20.8 Å². The zero-order chi connectivity index (χ0) is 16.9. The predicted octanol–water partition coefficient (Wildman–Crippen LogP) is 3.92. The number of carbonyl (C=O) groups is 1. The van der Waals surface area contributed by atoms with E-state index >= 15 is 0 Å². The number of nitrogens with one attached hydrogen (secondary N) is 2. The fourth-order valence-corrected chi connectivity index (χ4v) is 2.07. The van der Waals surface area contributed by atoms with Gasteiger partial charge in [-0.05, 0) is 37.6 Å². The zero-order valence-corrected chi connectivity index (χ0v) is 13.4. The van der Waals surface area contributed by atoms with Crippen LogP contribution < -0.4 is 10.6 Å². The topological polar surface area (TPSA) is 93.2 Å². The van der Waals surface area contributed by atoms with E-state index in [0.29, 0.717) is 23.2 Å². The third-order valence-corrected chi connectivity index (χ3v) is 3.53. The van der Waals surface area contributed by atoms with Gasteiger partial charge in [0.2, 0.25) is 5.82 Å². The van der Waals surface area contributed by atoms with E-state index < -0.39 is 0 Å². The Kier molecular flexibility index (Phi) is 4.60. The zero-order valence-electron chi connectivity index (χ0n) is 13.4. The van der Waals surface area contributed by atoms with Crippen molar-refractivity contribution in [2.24, 2.45) is 0 Å². The molecule has 1 atom stereocenters. The fraction of sp³-hybridized carbons (Fsp3) is 0.235. The number of urea groups is 1. The van der Waals surface area contributed by atoms with Gasteiger partial charge in [-0.15, -0.1) is 0 Å². The summed E-state index contributed by atoms with van der Waals surface area (Å²) in [6.07, 6.45) is 2.41. The summed E-state index contributed by atoms with van der Waals surface area (Å²) in [6.45, 7) is 3.96. The Morgan fingerprint density at radius 1 is 1.29 bits per heavy atom. The smallest absolute Gasteiger partial charge is 0.319 e. The van der Waals surface area contributed by atoms with Crippen LogP contribution in [0.4, 0.5) is 10.5 Å². The molecule has 24 heavy (non-hydrogen) atoms. The summed E-state index contributed by atoms with van der Waals surface area (Å²) in [5.74, 6) is 1.24. The van der Waals surface area contributed by atoms with E-state index in [9.17, 15) is 4.79 Å². The minimum atomic E-state index is -0.245. The molecule has 0 aliphatic rings. The highest BCUT2D eigenvalue weighted by molar-refractivity contribution is 5.90. The lowest BCUT2D eigenvalue weighted by Crippen LogP contribution is -2.35. The minimum Gasteiger partial charge on any atom is -0.459 e. The van der Waals surface area contributed by atoms with E-state index in [0.717, 1.165) is 12.0 Å². The maximum absolute atomic E-state index is 11.9. The molecular weight excluding hydrogens is 308 g/mol. The third kappa shape index (κ3) is 3.62. The van der Waals surface area contributed by atoms with Gasteiger partial charge >= 0.3 is 6.03 Å². The van der Waals surface area contributed by atoms with Gasteiger partial charge in [0.15, 0.2) is 5.76 Å². The Balaban J connectivity index is 1.75. The van der Waals surface area contributed by atoms with Crippen LogP contribution >= 0.6 is 0 Å². The Morgan fingerprint density at radius 2 is 2.17 bits per heavy atom. The van der Waals surface area contributed by atoms with Crippen LogP contribution in [0.1, 0.15) is 20.3 Å². The van der Waals surface area contributed by atoms with Gasteiger partial charge in [-0.3, -0.25) is 0 Å². The summed E-state index contributed by atoms with van der Waals surface area (Å²) in [5, 5.41) is 9.59. The predicted molar refractivity (Wildman–Crippen MR) is 89.3 cm³/mol. The van der Waals surface area contributed by atoms with Crippen LogP contribution in [0.5, 0.6) is 0 Å². The fourth-order valence-electron chi connectivity index (χ4n) is 2.07. The van der Waals surface area contributed by atoms with Gasteiger partial charge in [0.1, 0.15) is 0 Å². The molecule has 0 saturated heterocycles. The van der Waals surface area contributed by atoms with Gasteiger partial charge in [-0.1, -0.05) is 24.2 Å². The number of aromatic nitrogens is 2. The first kappa shape index (κ1) is 15.8. The van der Waals surface area contributed by atoms with Crippen molar-refractivity contribution in [3.05, 3.63) is 42.7 Å². The molecule has 2 amide bonds. The van der Waals surface area contributed by atoms with Crippen LogP contribution in [0, 0.1) is 0 Å². The van der Waals surface area contributed by atoms with Crippen molar-refractivity contribution >= 4 is 11.7 Å². The first-order valence-electron chi connectivity index (χ1n) is 7.71. The highest BCUT2D eigenvalue weighted by Crippen LogP contribution is 2.24. The summed E-state index contributed by atoms with van der Waals surface area (Å²) in [4.78, 5) is 16.2. The summed E-state index contributed by atoms with van der Waals surface area (Å²) in [6, 6.07) is 10.6. The molecule has 0 aliphatic carbocycles. The Hall–Kier alpha value is -3.09. The molecule has 1 aromatic carbocycles. The molecule has 2 aromatic heterocycles. The summed E-state index contributed by atoms with van der Waals surface area (Å²) >= 11 is 0. The molecular formula is C17H18N4O3. The molecule has 0 bridgehead atoms. The third-order valence-electron chi connectivity index (χ3n) is 3.53. The van der Waals surface area contributed by atoms with Crippen LogP contribution in [0.15, 0.2) is 51.6 Å². The van der Waals surface area contributed by atoms with Crippen molar-refractivity contribution in [2.45, 2.75) is 26.3 Å². The number of hydrogen-bond acceptors (Lipinski definition) is 5. The number of hydrogen-bond donors (Lipinski definition) is 2. The molecule has 0 aliphatic heterocycles. The van der Waals surface area contributed by atoms with Crippen molar-refractivity contribution in [1.82, 2.24) is 15.5 Å². The molecule has 0 saturated carbocycles. The molecule has 0 radical (unpaired) electrons. The largest absolute Gasteiger partial charge is 0.459 e. The van der Waals surface area contributed by atoms with Crippen LogP contribution in [0.25, 0.3) is 23.0 Å². The SMILES string of the molecule is CCC(C)NC(=O)Nc1cccc(-c2noc(-c3ccco3)n2)c1. The number of rotatable bonds is 5. The van der Waals surface area contributed by atoms with Gasteiger partial charge in [0.25, 0.3) is 5.89 Å². The number of nitrogens with zero attached hydrogens (tertiary/aromatic N) is 2. The Morgan fingerprint density at radius 3 is 2.92 bits per heavy atom. The monoisotopic (exact) mass is 326 g/mol. The van der Waals surface area contributed by atoms with E-state index in [-0.39, 0.29) is 12.1 Å². The van der Waals surface area contributed by atoms with Crippen molar-refractivity contribution in [3.63, 3.8) is 0 Å². The highest BCUT2D eigenvalue weighted by Gasteiger charge is 2.13. The molecule has 3 rings (SSSR count). The Labute approximate surface area is 139 Å². The van der Waals surface area contributed by atoms with Crippen molar-refractivity contribution in [1.29, 1.82) is 0 Å². The maximum Gasteiger partial charge on any atom is 0.319 e. The lowest BCUT2D eigenvalue weighted by atomic mass is 10.2. The molecule has 124 valence electrons.